The van der Waals surface area contributed by atoms with E-state index in [0.29, 0.717) is 0 Å². The Morgan fingerprint density at radius 2 is 0.571 bits per heavy atom. The van der Waals surface area contributed by atoms with Crippen molar-refractivity contribution < 1.29 is 20.8 Å². The summed E-state index contributed by atoms with van der Waals surface area (Å²) in [6, 6.07) is 0. The average Bonchev–Trinajstić information content (AvgIpc) is 0.592. The number of rotatable bonds is 0. The summed E-state index contributed by atoms with van der Waals surface area (Å²) in [5, 5.41) is 0. The number of hydrogen-bond acceptors (Lipinski definition) is 0. The van der Waals surface area contributed by atoms with Crippen LogP contribution in [0.5, 0.6) is 0 Å². The average molecular weight is 189 g/mol. The van der Waals surface area contributed by atoms with Crippen LogP contribution in [0.25, 0.3) is 0 Å². The second-order valence-electron chi connectivity index (χ2n) is 0.958. The van der Waals surface area contributed by atoms with E-state index in [-0.39, 0.29) is 0 Å². The van der Waals surface area contributed by atoms with Gasteiger partial charge >= 0.3 is 35.0 Å². The molecule has 0 nitrogen and oxygen atoms in total. The van der Waals surface area contributed by atoms with Crippen LogP contribution in [0.3, 0.4) is 0 Å². The maximum absolute atomic E-state index is 11.1. The summed E-state index contributed by atoms with van der Waals surface area (Å²) >= 11 is -11.1. The van der Waals surface area contributed by atoms with E-state index in [2.05, 4.69) is 0 Å². The van der Waals surface area contributed by atoms with Crippen LogP contribution in [-0.2, 0) is 0 Å². The van der Waals surface area contributed by atoms with Crippen molar-refractivity contribution in [2.24, 2.45) is 0 Å². The van der Waals surface area contributed by atoms with E-state index in [4.69, 9.17) is 0 Å². The molecule has 0 aliphatic rings. The molecule has 0 bridgehead atoms. The Hall–Kier alpha value is 0.138. The van der Waals surface area contributed by atoms with Gasteiger partial charge in [-0.25, -0.2) is 0 Å². The van der Waals surface area contributed by atoms with Gasteiger partial charge in [-0.15, -0.1) is 0 Å². The fraction of sp³-hybridized carbons (Fsp3) is 0. The van der Waals surface area contributed by atoms with E-state index in [9.17, 15) is 20.8 Å². The van der Waals surface area contributed by atoms with Crippen molar-refractivity contribution in [1.29, 1.82) is 0 Å². The molecule has 0 aromatic carbocycles. The van der Waals surface area contributed by atoms with Gasteiger partial charge in [-0.2, -0.15) is 0 Å². The summed E-state index contributed by atoms with van der Waals surface area (Å²) < 4.78 is 59.4. The first-order valence-corrected chi connectivity index (χ1v) is 5.27. The van der Waals surface area contributed by atoms with Crippen molar-refractivity contribution in [3.8, 4) is 0 Å². The van der Waals surface area contributed by atoms with Crippen LogP contribution in [0.4, 0.5) is 20.8 Å². The summed E-state index contributed by atoms with van der Waals surface area (Å²) in [5.41, 5.74) is 0. The van der Waals surface area contributed by atoms with E-state index in [1.54, 1.807) is 0 Å². The molecule has 0 spiro atoms. The zero-order chi connectivity index (χ0) is 6.41. The Kier molecular flexibility index (Phi) is 0.721. The van der Waals surface area contributed by atoms with Crippen LogP contribution in [0.2, 0.25) is 0 Å². The predicted octanol–water partition coefficient (Wildman–Crippen LogP) is 2.14. The Morgan fingerprint density at radius 3 is 0.571 bits per heavy atom. The van der Waals surface area contributed by atoms with Gasteiger partial charge in [-0.05, 0) is 0 Å². The first-order chi connectivity index (χ1) is 2.45. The van der Waals surface area contributed by atoms with Crippen molar-refractivity contribution in [2.75, 3.05) is 0 Å². The zero-order valence-corrected chi connectivity index (χ0v) is 4.59. The Bertz CT molecular complexity index is 62.7. The monoisotopic (exact) mass is 189 g/mol. The molecule has 0 heterocycles. The molecule has 0 atom stereocenters. The van der Waals surface area contributed by atoms with E-state index >= 15 is 0 Å². The third kappa shape index (κ3) is 5490. The normalized spacial score (nSPS) is 23.1. The van der Waals surface area contributed by atoms with Gasteiger partial charge in [0.15, 0.2) is 0 Å². The summed E-state index contributed by atoms with van der Waals surface area (Å²) in [6.07, 6.45) is 0. The van der Waals surface area contributed by atoms with Gasteiger partial charge in [0.2, 0.25) is 0 Å². The van der Waals surface area contributed by atoms with Gasteiger partial charge in [0.05, 0.1) is 0 Å². The standard InChI is InChI=1S/AsF6/c2-1(3,4,5,6)7/q-1. The van der Waals surface area contributed by atoms with Crippen LogP contribution in [0, 0.1) is 0 Å². The summed E-state index contributed by atoms with van der Waals surface area (Å²) in [6.45, 7) is 0. The molecule has 0 N–H and O–H groups in total. The molecule has 0 aliphatic carbocycles. The first-order valence-electron chi connectivity index (χ1n) is 1.01. The van der Waals surface area contributed by atoms with Gasteiger partial charge in [-0.3, -0.25) is 0 Å². The topological polar surface area (TPSA) is 0 Å². The third-order valence-corrected chi connectivity index (χ3v) is 0. The Balaban J connectivity index is 4.43. The summed E-state index contributed by atoms with van der Waals surface area (Å²) in [4.78, 5) is 0. The maximum atomic E-state index is 9.91. The molecule has 0 fully saturated rings. The number of hydrogen-bond donors (Lipinski definition) is 0. The second kappa shape index (κ2) is 0.707. The van der Waals surface area contributed by atoms with Crippen molar-refractivity contribution >= 4 is 14.2 Å². The molecule has 0 unspecified atom stereocenters. The Morgan fingerprint density at radius 1 is 0.571 bits per heavy atom. The van der Waals surface area contributed by atoms with Gasteiger partial charge in [0.1, 0.15) is 0 Å². The van der Waals surface area contributed by atoms with Gasteiger partial charge in [-0.1, -0.05) is 0 Å². The van der Waals surface area contributed by atoms with Crippen LogP contribution in [-0.4, -0.2) is 14.2 Å². The van der Waals surface area contributed by atoms with Crippen LogP contribution in [0.15, 0.2) is 0 Å². The molecule has 7 heteroatoms. The molecule has 0 aromatic heterocycles. The van der Waals surface area contributed by atoms with Gasteiger partial charge in [0, 0.05) is 0 Å². The minimum atomic E-state index is -11.1. The summed E-state index contributed by atoms with van der Waals surface area (Å²) in [7, 11) is 0. The molecular formula is AsF6-. The molecule has 48 valence electrons. The summed E-state index contributed by atoms with van der Waals surface area (Å²) in [5.74, 6) is 0. The fourth-order valence-corrected chi connectivity index (χ4v) is 0. The van der Waals surface area contributed by atoms with E-state index in [0.717, 1.165) is 0 Å². The van der Waals surface area contributed by atoms with E-state index in [1.165, 1.54) is 0 Å². The van der Waals surface area contributed by atoms with Gasteiger partial charge < -0.3 is 0 Å². The van der Waals surface area contributed by atoms with Crippen LogP contribution >= 0.6 is 0 Å². The van der Waals surface area contributed by atoms with Crippen molar-refractivity contribution in [2.45, 2.75) is 0 Å². The SMILES string of the molecule is F[As-](F)(F)(F)(F)F. The molecule has 0 saturated heterocycles. The quantitative estimate of drug-likeness (QED) is 0.404. The molecule has 0 amide bonds. The molecule has 0 rings (SSSR count). The van der Waals surface area contributed by atoms with E-state index in [1.807, 2.05) is 0 Å². The van der Waals surface area contributed by atoms with Crippen molar-refractivity contribution in [1.82, 2.24) is 0 Å². The van der Waals surface area contributed by atoms with Crippen molar-refractivity contribution in [3.05, 3.63) is 0 Å². The number of halogens is 6. The van der Waals surface area contributed by atoms with Gasteiger partial charge in [0.25, 0.3) is 0 Å². The molecule has 0 saturated carbocycles. The Labute approximate surface area is 36.0 Å². The van der Waals surface area contributed by atoms with E-state index < -0.39 is 14.2 Å². The molecule has 0 aliphatic heterocycles. The molecule has 0 radical (unpaired) electrons. The third-order valence-electron chi connectivity index (χ3n) is 0. The van der Waals surface area contributed by atoms with Crippen molar-refractivity contribution in [3.63, 3.8) is 0 Å². The van der Waals surface area contributed by atoms with Crippen LogP contribution < -0.4 is 0 Å². The molecule has 7 heavy (non-hydrogen) atoms. The first kappa shape index (κ1) is 7.14. The van der Waals surface area contributed by atoms with Crippen LogP contribution in [0.1, 0.15) is 0 Å². The molecule has 0 aromatic rings. The molecular weight excluding hydrogens is 189 g/mol. The predicted molar refractivity (Wildman–Crippen MR) is 12.4 cm³/mol. The second-order valence-corrected chi connectivity index (χ2v) is 4.98. The minimum absolute atomic E-state index is 9.91. The fourth-order valence-electron chi connectivity index (χ4n) is 0. The zero-order valence-electron chi connectivity index (χ0n) is 2.72.